The number of hydrogen-bond acceptors (Lipinski definition) is 5. The van der Waals surface area contributed by atoms with Gasteiger partial charge in [0.2, 0.25) is 10.0 Å². The lowest BCUT2D eigenvalue weighted by Gasteiger charge is -2.08. The van der Waals surface area contributed by atoms with E-state index in [0.29, 0.717) is 0 Å². The molecule has 0 unspecified atom stereocenters. The molecule has 3 rings (SSSR count). The summed E-state index contributed by atoms with van der Waals surface area (Å²) in [7, 11) is -3.55. The first kappa shape index (κ1) is 17.7. The maximum Gasteiger partial charge on any atom is 0.240 e. The minimum atomic E-state index is -3.55. The predicted octanol–water partition coefficient (Wildman–Crippen LogP) is 3.61. The van der Waals surface area contributed by atoms with Crippen molar-refractivity contribution in [3.63, 3.8) is 0 Å². The van der Waals surface area contributed by atoms with Crippen molar-refractivity contribution in [2.75, 3.05) is 0 Å². The first-order valence-corrected chi connectivity index (χ1v) is 10.1. The number of rotatable bonds is 5. The molecule has 0 radical (unpaired) electrons. The Morgan fingerprint density at radius 3 is 2.60 bits per heavy atom. The molecule has 0 saturated carbocycles. The number of nitrogens with one attached hydrogen (secondary N) is 1. The van der Waals surface area contributed by atoms with Crippen molar-refractivity contribution < 1.29 is 8.42 Å². The molecule has 2 aromatic heterocycles. The number of hydrogen-bond donors (Lipinski definition) is 1. The highest BCUT2D eigenvalue weighted by molar-refractivity contribution is 7.89. The van der Waals surface area contributed by atoms with Gasteiger partial charge in [0, 0.05) is 29.4 Å². The van der Waals surface area contributed by atoms with E-state index in [1.165, 1.54) is 11.3 Å². The van der Waals surface area contributed by atoms with Crippen LogP contribution in [-0.4, -0.2) is 18.4 Å². The van der Waals surface area contributed by atoms with Gasteiger partial charge in [-0.1, -0.05) is 6.07 Å². The van der Waals surface area contributed by atoms with E-state index >= 15 is 0 Å². The fourth-order valence-electron chi connectivity index (χ4n) is 2.33. The number of nitrogens with zero attached hydrogens (tertiary/aromatic N) is 2. The van der Waals surface area contributed by atoms with Crippen LogP contribution in [0.4, 0.5) is 0 Å². The molecule has 0 aliphatic heterocycles. The van der Waals surface area contributed by atoms with Gasteiger partial charge in [0.05, 0.1) is 10.6 Å². The minimum Gasteiger partial charge on any atom is -0.264 e. The number of benzene rings is 1. The Kier molecular flexibility index (Phi) is 4.99. The standard InChI is InChI=1S/C18H19N3O2S2/c1-12-6-7-16(9-13(12)2)25(22,23)20-11-17-14(3)21-18(24-17)15-5-4-8-19-10-15/h4-10,20H,11H2,1-3H3. The molecule has 2 heterocycles. The molecule has 0 aliphatic rings. The third-order valence-corrected chi connectivity index (χ3v) is 6.62. The number of aryl methyl sites for hydroxylation is 3. The lowest BCUT2D eigenvalue weighted by molar-refractivity contribution is 0.581. The van der Waals surface area contributed by atoms with Crippen LogP contribution < -0.4 is 4.72 Å². The number of sulfonamides is 1. The summed E-state index contributed by atoms with van der Waals surface area (Å²) in [5.41, 5.74) is 3.78. The molecule has 3 aromatic rings. The average molecular weight is 374 g/mol. The van der Waals surface area contributed by atoms with Crippen LogP contribution in [0.1, 0.15) is 21.7 Å². The SMILES string of the molecule is Cc1ccc(S(=O)(=O)NCc2sc(-c3cccnc3)nc2C)cc1C. The Labute approximate surface area is 151 Å². The fraction of sp³-hybridized carbons (Fsp3) is 0.222. The third kappa shape index (κ3) is 3.95. The van der Waals surface area contributed by atoms with Crippen LogP contribution in [0.3, 0.4) is 0 Å². The van der Waals surface area contributed by atoms with E-state index in [-0.39, 0.29) is 11.4 Å². The molecule has 0 saturated heterocycles. The van der Waals surface area contributed by atoms with Gasteiger partial charge in [0.25, 0.3) is 0 Å². The summed E-state index contributed by atoms with van der Waals surface area (Å²) in [4.78, 5) is 9.80. The normalized spacial score (nSPS) is 11.6. The average Bonchev–Trinajstić information content (AvgIpc) is 2.97. The van der Waals surface area contributed by atoms with Crippen LogP contribution in [0.5, 0.6) is 0 Å². The zero-order valence-corrected chi connectivity index (χ0v) is 15.9. The zero-order chi connectivity index (χ0) is 18.0. The number of pyridine rings is 1. The summed E-state index contributed by atoms with van der Waals surface area (Å²) in [5, 5.41) is 0.839. The molecule has 1 aromatic carbocycles. The Balaban J connectivity index is 1.79. The van der Waals surface area contributed by atoms with Gasteiger partial charge in [-0.25, -0.2) is 18.1 Å². The van der Waals surface area contributed by atoms with Crippen molar-refractivity contribution in [3.8, 4) is 10.6 Å². The molecule has 0 aliphatic carbocycles. The third-order valence-electron chi connectivity index (χ3n) is 4.01. The Bertz CT molecular complexity index is 996. The number of thiazole rings is 1. The van der Waals surface area contributed by atoms with E-state index in [4.69, 9.17) is 0 Å². The van der Waals surface area contributed by atoms with E-state index in [9.17, 15) is 8.42 Å². The van der Waals surface area contributed by atoms with Crippen LogP contribution in [-0.2, 0) is 16.6 Å². The molecule has 1 N–H and O–H groups in total. The topological polar surface area (TPSA) is 72.0 Å². The second kappa shape index (κ2) is 7.03. The quantitative estimate of drug-likeness (QED) is 0.741. The van der Waals surface area contributed by atoms with Gasteiger partial charge in [-0.15, -0.1) is 11.3 Å². The summed E-state index contributed by atoms with van der Waals surface area (Å²) in [6.45, 7) is 5.97. The van der Waals surface area contributed by atoms with Gasteiger partial charge in [-0.3, -0.25) is 4.98 Å². The van der Waals surface area contributed by atoms with Crippen molar-refractivity contribution in [3.05, 3.63) is 64.4 Å². The van der Waals surface area contributed by atoms with E-state index in [1.807, 2.05) is 39.0 Å². The minimum absolute atomic E-state index is 0.221. The van der Waals surface area contributed by atoms with E-state index in [0.717, 1.165) is 32.3 Å². The first-order valence-electron chi connectivity index (χ1n) is 7.80. The molecule has 0 fully saturated rings. The van der Waals surface area contributed by atoms with Crippen LogP contribution in [0, 0.1) is 20.8 Å². The van der Waals surface area contributed by atoms with Crippen LogP contribution >= 0.6 is 11.3 Å². The molecule has 7 heteroatoms. The maximum absolute atomic E-state index is 12.5. The summed E-state index contributed by atoms with van der Waals surface area (Å²) in [6, 6.07) is 8.94. The van der Waals surface area contributed by atoms with Gasteiger partial charge in [0.15, 0.2) is 0 Å². The maximum atomic E-state index is 12.5. The van der Waals surface area contributed by atoms with Crippen molar-refractivity contribution in [2.45, 2.75) is 32.2 Å². The summed E-state index contributed by atoms with van der Waals surface area (Å²) in [5.74, 6) is 0. The van der Waals surface area contributed by atoms with Crippen LogP contribution in [0.15, 0.2) is 47.6 Å². The highest BCUT2D eigenvalue weighted by atomic mass is 32.2. The van der Waals surface area contributed by atoms with Gasteiger partial charge < -0.3 is 0 Å². The van der Waals surface area contributed by atoms with Gasteiger partial charge >= 0.3 is 0 Å². The molecule has 5 nitrogen and oxygen atoms in total. The second-order valence-electron chi connectivity index (χ2n) is 5.84. The Morgan fingerprint density at radius 2 is 1.92 bits per heavy atom. The molecular formula is C18H19N3O2S2. The van der Waals surface area contributed by atoms with Crippen molar-refractivity contribution >= 4 is 21.4 Å². The molecule has 0 spiro atoms. The van der Waals surface area contributed by atoms with Crippen LogP contribution in [0.25, 0.3) is 10.6 Å². The highest BCUT2D eigenvalue weighted by Gasteiger charge is 2.17. The van der Waals surface area contributed by atoms with Crippen molar-refractivity contribution in [1.82, 2.24) is 14.7 Å². The van der Waals surface area contributed by atoms with Crippen LogP contribution in [0.2, 0.25) is 0 Å². The van der Waals surface area contributed by atoms with E-state index in [2.05, 4.69) is 14.7 Å². The van der Waals surface area contributed by atoms with Gasteiger partial charge in [0.1, 0.15) is 5.01 Å². The largest absolute Gasteiger partial charge is 0.264 e. The van der Waals surface area contributed by atoms with E-state index < -0.39 is 10.0 Å². The Morgan fingerprint density at radius 1 is 1.12 bits per heavy atom. The van der Waals surface area contributed by atoms with E-state index in [1.54, 1.807) is 24.5 Å². The van der Waals surface area contributed by atoms with Crippen molar-refractivity contribution in [1.29, 1.82) is 0 Å². The molecule has 0 bridgehead atoms. The second-order valence-corrected chi connectivity index (χ2v) is 8.69. The monoisotopic (exact) mass is 373 g/mol. The molecule has 130 valence electrons. The predicted molar refractivity (Wildman–Crippen MR) is 100 cm³/mol. The lowest BCUT2D eigenvalue weighted by atomic mass is 10.1. The zero-order valence-electron chi connectivity index (χ0n) is 14.3. The molecule has 0 atom stereocenters. The summed E-state index contributed by atoms with van der Waals surface area (Å²) < 4.78 is 27.7. The molecular weight excluding hydrogens is 354 g/mol. The fourth-order valence-corrected chi connectivity index (χ4v) is 4.49. The highest BCUT2D eigenvalue weighted by Crippen LogP contribution is 2.27. The van der Waals surface area contributed by atoms with Crippen molar-refractivity contribution in [2.24, 2.45) is 0 Å². The Hall–Kier alpha value is -2.09. The molecule has 0 amide bonds. The first-order chi connectivity index (χ1) is 11.9. The summed E-state index contributed by atoms with van der Waals surface area (Å²) in [6.07, 6.45) is 3.46. The molecule has 25 heavy (non-hydrogen) atoms. The summed E-state index contributed by atoms with van der Waals surface area (Å²) >= 11 is 1.48. The smallest absolute Gasteiger partial charge is 0.240 e. The van der Waals surface area contributed by atoms with Gasteiger partial charge in [-0.05, 0) is 56.2 Å². The lowest BCUT2D eigenvalue weighted by Crippen LogP contribution is -2.23. The van der Waals surface area contributed by atoms with Gasteiger partial charge in [-0.2, -0.15) is 0 Å². The number of aromatic nitrogens is 2.